The SMILES string of the molecule is COc1ccc(-c2nc(CN3C[C@@H](CN)[C@H](c4ccccc4)C3)no2)cc1. The van der Waals surface area contributed by atoms with Crippen LogP contribution >= 0.6 is 0 Å². The first-order chi connectivity index (χ1) is 13.3. The maximum atomic E-state index is 6.03. The zero-order valence-electron chi connectivity index (χ0n) is 15.4. The van der Waals surface area contributed by atoms with Crippen molar-refractivity contribution in [2.75, 3.05) is 26.7 Å². The van der Waals surface area contributed by atoms with Crippen LogP contribution in [-0.2, 0) is 6.54 Å². The van der Waals surface area contributed by atoms with E-state index in [0.29, 0.717) is 36.6 Å². The lowest BCUT2D eigenvalue weighted by Crippen LogP contribution is -2.23. The van der Waals surface area contributed by atoms with Crippen LogP contribution in [0, 0.1) is 5.92 Å². The predicted molar refractivity (Wildman–Crippen MR) is 103 cm³/mol. The van der Waals surface area contributed by atoms with Crippen molar-refractivity contribution in [1.29, 1.82) is 0 Å². The first-order valence-corrected chi connectivity index (χ1v) is 9.21. The van der Waals surface area contributed by atoms with Crippen molar-refractivity contribution in [3.8, 4) is 17.2 Å². The Hall–Kier alpha value is -2.70. The van der Waals surface area contributed by atoms with Crippen molar-refractivity contribution >= 4 is 0 Å². The van der Waals surface area contributed by atoms with Gasteiger partial charge < -0.3 is 15.0 Å². The molecular formula is C21H24N4O2. The maximum Gasteiger partial charge on any atom is 0.257 e. The van der Waals surface area contributed by atoms with E-state index in [0.717, 1.165) is 24.4 Å². The Balaban J connectivity index is 1.44. The summed E-state index contributed by atoms with van der Waals surface area (Å²) in [4.78, 5) is 6.92. The normalized spacial score (nSPS) is 20.1. The summed E-state index contributed by atoms with van der Waals surface area (Å²) in [6.07, 6.45) is 0. The number of ether oxygens (including phenoxy) is 1. The third kappa shape index (κ3) is 3.86. The Morgan fingerprint density at radius 2 is 1.89 bits per heavy atom. The number of nitrogens with zero attached hydrogens (tertiary/aromatic N) is 3. The Labute approximate surface area is 158 Å². The number of aromatic nitrogens is 2. The van der Waals surface area contributed by atoms with E-state index in [1.807, 2.05) is 30.3 Å². The number of likely N-dealkylation sites (tertiary alicyclic amines) is 1. The number of benzene rings is 2. The van der Waals surface area contributed by atoms with Crippen molar-refractivity contribution in [2.24, 2.45) is 11.7 Å². The van der Waals surface area contributed by atoms with Crippen molar-refractivity contribution < 1.29 is 9.26 Å². The molecule has 0 unspecified atom stereocenters. The number of nitrogens with two attached hydrogens (primary N) is 1. The van der Waals surface area contributed by atoms with Crippen LogP contribution in [0.3, 0.4) is 0 Å². The molecule has 0 bridgehead atoms. The average Bonchev–Trinajstić information content (AvgIpc) is 3.36. The highest BCUT2D eigenvalue weighted by atomic mass is 16.5. The third-order valence-corrected chi connectivity index (χ3v) is 5.22. The minimum atomic E-state index is 0.445. The van der Waals surface area contributed by atoms with Gasteiger partial charge in [0.05, 0.1) is 13.7 Å². The quantitative estimate of drug-likeness (QED) is 0.725. The van der Waals surface area contributed by atoms with Crippen molar-refractivity contribution in [1.82, 2.24) is 15.0 Å². The molecule has 4 rings (SSSR count). The molecule has 27 heavy (non-hydrogen) atoms. The minimum absolute atomic E-state index is 0.445. The molecule has 1 fully saturated rings. The van der Waals surface area contributed by atoms with Crippen LogP contribution in [0.15, 0.2) is 59.1 Å². The topological polar surface area (TPSA) is 77.4 Å². The second kappa shape index (κ2) is 7.90. The molecule has 1 saturated heterocycles. The molecule has 1 aliphatic rings. The van der Waals surface area contributed by atoms with E-state index in [1.165, 1.54) is 5.56 Å². The van der Waals surface area contributed by atoms with Crippen LogP contribution in [-0.4, -0.2) is 41.8 Å². The van der Waals surface area contributed by atoms with Crippen LogP contribution in [0.25, 0.3) is 11.5 Å². The fraction of sp³-hybridized carbons (Fsp3) is 0.333. The fourth-order valence-corrected chi connectivity index (χ4v) is 3.78. The summed E-state index contributed by atoms with van der Waals surface area (Å²) in [6, 6.07) is 18.2. The number of rotatable bonds is 6. The standard InChI is InChI=1S/C21H24N4O2/c1-26-18-9-7-16(8-10-18)21-23-20(24-27-21)14-25-12-17(11-22)19(13-25)15-5-3-2-4-6-15/h2-10,17,19H,11-14,22H2,1H3/t17-,19+/m1/s1. The molecule has 6 nitrogen and oxygen atoms in total. The summed E-state index contributed by atoms with van der Waals surface area (Å²) in [7, 11) is 1.65. The molecule has 6 heteroatoms. The van der Waals surface area contributed by atoms with Crippen LogP contribution in [0.5, 0.6) is 5.75 Å². The van der Waals surface area contributed by atoms with E-state index in [9.17, 15) is 0 Å². The highest BCUT2D eigenvalue weighted by molar-refractivity contribution is 5.54. The van der Waals surface area contributed by atoms with Gasteiger partial charge in [-0.15, -0.1) is 0 Å². The number of methoxy groups -OCH3 is 1. The van der Waals surface area contributed by atoms with E-state index in [2.05, 4.69) is 39.3 Å². The zero-order valence-corrected chi connectivity index (χ0v) is 15.4. The molecular weight excluding hydrogens is 340 g/mol. The molecule has 0 aliphatic carbocycles. The van der Waals surface area contributed by atoms with Gasteiger partial charge in [0.25, 0.3) is 5.89 Å². The van der Waals surface area contributed by atoms with Crippen molar-refractivity contribution in [2.45, 2.75) is 12.5 Å². The number of hydrogen-bond donors (Lipinski definition) is 1. The van der Waals surface area contributed by atoms with Gasteiger partial charge in [-0.3, -0.25) is 4.90 Å². The molecule has 2 aromatic carbocycles. The van der Waals surface area contributed by atoms with Gasteiger partial charge in [-0.2, -0.15) is 4.98 Å². The molecule has 1 aromatic heterocycles. The monoisotopic (exact) mass is 364 g/mol. The third-order valence-electron chi connectivity index (χ3n) is 5.22. The summed E-state index contributed by atoms with van der Waals surface area (Å²) in [5.74, 6) is 2.92. The second-order valence-electron chi connectivity index (χ2n) is 6.95. The number of hydrogen-bond acceptors (Lipinski definition) is 6. The van der Waals surface area contributed by atoms with Gasteiger partial charge in [-0.25, -0.2) is 0 Å². The first kappa shape index (κ1) is 17.7. The van der Waals surface area contributed by atoms with Gasteiger partial charge in [0, 0.05) is 24.6 Å². The lowest BCUT2D eigenvalue weighted by molar-refractivity contribution is 0.300. The van der Waals surface area contributed by atoms with E-state index in [-0.39, 0.29) is 0 Å². The van der Waals surface area contributed by atoms with Gasteiger partial charge in [-0.05, 0) is 42.3 Å². The van der Waals surface area contributed by atoms with Crippen LogP contribution in [0.1, 0.15) is 17.3 Å². The molecule has 0 amide bonds. The van der Waals surface area contributed by atoms with Gasteiger partial charge in [0.15, 0.2) is 5.82 Å². The lowest BCUT2D eigenvalue weighted by atomic mass is 9.89. The minimum Gasteiger partial charge on any atom is -0.497 e. The molecule has 3 aromatic rings. The lowest BCUT2D eigenvalue weighted by Gasteiger charge is -2.16. The smallest absolute Gasteiger partial charge is 0.257 e. The molecule has 1 aliphatic heterocycles. The van der Waals surface area contributed by atoms with E-state index in [1.54, 1.807) is 7.11 Å². The molecule has 2 N–H and O–H groups in total. The molecule has 2 atom stereocenters. The molecule has 140 valence electrons. The van der Waals surface area contributed by atoms with Crippen LogP contribution in [0.2, 0.25) is 0 Å². The summed E-state index contributed by atoms with van der Waals surface area (Å²) in [6.45, 7) is 3.25. The van der Waals surface area contributed by atoms with Gasteiger partial charge in [0.1, 0.15) is 5.75 Å². The maximum absolute atomic E-state index is 6.03. The van der Waals surface area contributed by atoms with E-state index in [4.69, 9.17) is 15.0 Å². The zero-order chi connectivity index (χ0) is 18.6. The average molecular weight is 364 g/mol. The summed E-state index contributed by atoms with van der Waals surface area (Å²) < 4.78 is 10.6. The highest BCUT2D eigenvalue weighted by Crippen LogP contribution is 2.32. The molecule has 2 heterocycles. The predicted octanol–water partition coefficient (Wildman–Crippen LogP) is 2.92. The van der Waals surface area contributed by atoms with Crippen LogP contribution in [0.4, 0.5) is 0 Å². The Bertz CT molecular complexity index is 863. The highest BCUT2D eigenvalue weighted by Gasteiger charge is 2.33. The first-order valence-electron chi connectivity index (χ1n) is 9.21. The Kier molecular flexibility index (Phi) is 5.18. The van der Waals surface area contributed by atoms with Gasteiger partial charge >= 0.3 is 0 Å². The summed E-state index contributed by atoms with van der Waals surface area (Å²) in [5, 5.41) is 4.16. The van der Waals surface area contributed by atoms with Crippen molar-refractivity contribution in [3.63, 3.8) is 0 Å². The summed E-state index contributed by atoms with van der Waals surface area (Å²) >= 11 is 0. The van der Waals surface area contributed by atoms with Gasteiger partial charge in [0.2, 0.25) is 0 Å². The largest absolute Gasteiger partial charge is 0.497 e. The van der Waals surface area contributed by atoms with E-state index >= 15 is 0 Å². The fourth-order valence-electron chi connectivity index (χ4n) is 3.78. The Morgan fingerprint density at radius 3 is 2.59 bits per heavy atom. The molecule has 0 saturated carbocycles. The molecule has 0 radical (unpaired) electrons. The van der Waals surface area contributed by atoms with Crippen molar-refractivity contribution in [3.05, 3.63) is 66.0 Å². The van der Waals surface area contributed by atoms with Gasteiger partial charge in [-0.1, -0.05) is 35.5 Å². The Morgan fingerprint density at radius 1 is 1.11 bits per heavy atom. The summed E-state index contributed by atoms with van der Waals surface area (Å²) in [5.41, 5.74) is 8.27. The van der Waals surface area contributed by atoms with Crippen LogP contribution < -0.4 is 10.5 Å². The second-order valence-corrected chi connectivity index (χ2v) is 6.95. The molecule has 0 spiro atoms. The van der Waals surface area contributed by atoms with E-state index < -0.39 is 0 Å².